The lowest BCUT2D eigenvalue weighted by Gasteiger charge is -2.05. The van der Waals surface area contributed by atoms with Gasteiger partial charge in [-0.2, -0.15) is 15.6 Å². The first-order valence-electron chi connectivity index (χ1n) is 4.99. The van der Waals surface area contributed by atoms with Crippen molar-refractivity contribution >= 4 is 17.2 Å². The summed E-state index contributed by atoms with van der Waals surface area (Å²) in [6.45, 7) is 1.76. The van der Waals surface area contributed by atoms with Crippen LogP contribution in [0.5, 0.6) is 0 Å². The third-order valence-corrected chi connectivity index (χ3v) is 2.05. The van der Waals surface area contributed by atoms with Gasteiger partial charge in [0.15, 0.2) is 5.78 Å². The summed E-state index contributed by atoms with van der Waals surface area (Å²) < 4.78 is 0. The van der Waals surface area contributed by atoms with Crippen molar-refractivity contribution in [1.82, 2.24) is 0 Å². The Morgan fingerprint density at radius 1 is 1.35 bits per heavy atom. The van der Waals surface area contributed by atoms with Crippen molar-refractivity contribution in [3.05, 3.63) is 29.8 Å². The molecule has 5 nitrogen and oxygen atoms in total. The Kier molecular flexibility index (Phi) is 4.41. The van der Waals surface area contributed by atoms with Gasteiger partial charge in [-0.15, -0.1) is 0 Å². The number of rotatable bonds is 4. The number of hydrazone groups is 1. The molecule has 0 aliphatic rings. The van der Waals surface area contributed by atoms with Crippen molar-refractivity contribution in [3.63, 3.8) is 0 Å². The number of hydrogen-bond acceptors (Lipinski definition) is 5. The second-order valence-corrected chi connectivity index (χ2v) is 3.12. The van der Waals surface area contributed by atoms with Crippen molar-refractivity contribution in [2.45, 2.75) is 13.3 Å². The maximum absolute atomic E-state index is 11.6. The Hall–Kier alpha value is -2.66. The zero-order valence-electron chi connectivity index (χ0n) is 9.27. The van der Waals surface area contributed by atoms with Gasteiger partial charge in [0.2, 0.25) is 5.71 Å². The molecule has 0 aliphatic carbocycles. The van der Waals surface area contributed by atoms with E-state index in [1.807, 2.05) is 0 Å². The number of nitrogens with one attached hydrogen (secondary N) is 1. The Labute approximate surface area is 99.0 Å². The van der Waals surface area contributed by atoms with Gasteiger partial charge < -0.3 is 0 Å². The van der Waals surface area contributed by atoms with E-state index in [0.717, 1.165) is 0 Å². The average Bonchev–Trinajstić information content (AvgIpc) is 2.39. The predicted molar refractivity (Wildman–Crippen MR) is 63.3 cm³/mol. The van der Waals surface area contributed by atoms with E-state index in [1.54, 1.807) is 43.3 Å². The summed E-state index contributed by atoms with van der Waals surface area (Å²) >= 11 is 0. The molecule has 0 aromatic heterocycles. The van der Waals surface area contributed by atoms with E-state index in [2.05, 4.69) is 10.5 Å². The van der Waals surface area contributed by atoms with E-state index in [0.29, 0.717) is 17.7 Å². The number of para-hydroxylation sites is 1. The van der Waals surface area contributed by atoms with Crippen molar-refractivity contribution in [3.8, 4) is 12.1 Å². The molecular formula is C12H10N4O. The first-order valence-corrected chi connectivity index (χ1v) is 4.99. The van der Waals surface area contributed by atoms with Crippen molar-refractivity contribution in [1.29, 1.82) is 10.5 Å². The fraction of sp³-hybridized carbons (Fsp3) is 0.167. The van der Waals surface area contributed by atoms with Crippen molar-refractivity contribution in [2.75, 3.05) is 5.43 Å². The van der Waals surface area contributed by atoms with Crippen LogP contribution in [0, 0.1) is 22.7 Å². The number of hydrogen-bond donors (Lipinski definition) is 1. The molecule has 0 heterocycles. The molecule has 5 heteroatoms. The highest BCUT2D eigenvalue weighted by molar-refractivity contribution is 6.10. The largest absolute Gasteiger partial charge is 0.294 e. The highest BCUT2D eigenvalue weighted by Gasteiger charge is 2.08. The predicted octanol–water partition coefficient (Wildman–Crippen LogP) is 2.09. The third-order valence-electron chi connectivity index (χ3n) is 2.05. The summed E-state index contributed by atoms with van der Waals surface area (Å²) in [4.78, 5) is 11.6. The van der Waals surface area contributed by atoms with Crippen LogP contribution >= 0.6 is 0 Å². The molecule has 0 radical (unpaired) electrons. The van der Waals surface area contributed by atoms with E-state index in [-0.39, 0.29) is 11.5 Å². The van der Waals surface area contributed by atoms with Crippen LogP contribution < -0.4 is 5.43 Å². The minimum atomic E-state index is -0.288. The van der Waals surface area contributed by atoms with E-state index in [1.165, 1.54) is 0 Å². The molecule has 0 spiro atoms. The van der Waals surface area contributed by atoms with Gasteiger partial charge in [-0.1, -0.05) is 19.1 Å². The molecule has 17 heavy (non-hydrogen) atoms. The average molecular weight is 226 g/mol. The molecule has 1 aromatic rings. The van der Waals surface area contributed by atoms with Gasteiger partial charge in [0.1, 0.15) is 12.1 Å². The molecule has 0 unspecified atom stereocenters. The highest BCUT2D eigenvalue weighted by atomic mass is 16.1. The Balaban J connectivity index is 3.01. The molecule has 0 saturated heterocycles. The molecule has 0 amide bonds. The van der Waals surface area contributed by atoms with Crippen LogP contribution in [0.1, 0.15) is 23.7 Å². The standard InChI is InChI=1S/C12H10N4O/c1-2-12(17)10-5-3-4-6-11(10)16-15-9(7-13)8-14/h3-6,16H,2H2,1H3. The van der Waals surface area contributed by atoms with Gasteiger partial charge in [0.05, 0.1) is 5.69 Å². The summed E-state index contributed by atoms with van der Waals surface area (Å²) in [7, 11) is 0. The monoisotopic (exact) mass is 226 g/mol. The number of carbonyl (C=O) groups excluding carboxylic acids is 1. The van der Waals surface area contributed by atoms with E-state index in [4.69, 9.17) is 10.5 Å². The lowest BCUT2D eigenvalue weighted by molar-refractivity contribution is 0.0989. The first kappa shape index (κ1) is 12.4. The number of nitrogens with zero attached hydrogens (tertiary/aromatic N) is 3. The SMILES string of the molecule is CCC(=O)c1ccccc1NN=C(C#N)C#N. The molecule has 0 saturated carbocycles. The molecular weight excluding hydrogens is 216 g/mol. The zero-order valence-corrected chi connectivity index (χ0v) is 9.27. The van der Waals surface area contributed by atoms with Crippen LogP contribution in [0.4, 0.5) is 5.69 Å². The van der Waals surface area contributed by atoms with Crippen LogP contribution in [0.25, 0.3) is 0 Å². The van der Waals surface area contributed by atoms with E-state index in [9.17, 15) is 4.79 Å². The molecule has 1 aromatic carbocycles. The van der Waals surface area contributed by atoms with Gasteiger partial charge in [-0.3, -0.25) is 10.2 Å². The lowest BCUT2D eigenvalue weighted by Crippen LogP contribution is -2.03. The topological polar surface area (TPSA) is 89.0 Å². The Morgan fingerprint density at radius 3 is 2.59 bits per heavy atom. The van der Waals surface area contributed by atoms with Gasteiger partial charge in [-0.05, 0) is 12.1 Å². The molecule has 0 aliphatic heterocycles. The normalized spacial score (nSPS) is 8.65. The first-order chi connectivity index (χ1) is 8.22. The third kappa shape index (κ3) is 3.15. The molecule has 0 bridgehead atoms. The van der Waals surface area contributed by atoms with Gasteiger partial charge >= 0.3 is 0 Å². The summed E-state index contributed by atoms with van der Waals surface area (Å²) in [5.41, 5.74) is 3.25. The van der Waals surface area contributed by atoms with Crippen LogP contribution in [0.3, 0.4) is 0 Å². The van der Waals surface area contributed by atoms with E-state index < -0.39 is 0 Å². The highest BCUT2D eigenvalue weighted by Crippen LogP contribution is 2.16. The Morgan fingerprint density at radius 2 is 2.00 bits per heavy atom. The number of nitriles is 2. The van der Waals surface area contributed by atoms with Crippen molar-refractivity contribution in [2.24, 2.45) is 5.10 Å². The number of benzene rings is 1. The molecule has 84 valence electrons. The zero-order chi connectivity index (χ0) is 12.7. The maximum atomic E-state index is 11.6. The van der Waals surface area contributed by atoms with Crippen LogP contribution in [0.2, 0.25) is 0 Å². The summed E-state index contributed by atoms with van der Waals surface area (Å²) in [6, 6.07) is 10.1. The minimum absolute atomic E-state index is 0.0289. The molecule has 1 N–H and O–H groups in total. The second kappa shape index (κ2) is 6.04. The second-order valence-electron chi connectivity index (χ2n) is 3.12. The van der Waals surface area contributed by atoms with Crippen molar-refractivity contribution < 1.29 is 4.79 Å². The van der Waals surface area contributed by atoms with Crippen LogP contribution in [0.15, 0.2) is 29.4 Å². The molecule has 0 atom stereocenters. The van der Waals surface area contributed by atoms with E-state index >= 15 is 0 Å². The van der Waals surface area contributed by atoms with Gasteiger partial charge in [0.25, 0.3) is 0 Å². The maximum Gasteiger partial charge on any atom is 0.237 e. The smallest absolute Gasteiger partial charge is 0.237 e. The minimum Gasteiger partial charge on any atom is -0.294 e. The lowest BCUT2D eigenvalue weighted by atomic mass is 10.1. The van der Waals surface area contributed by atoms with Crippen LogP contribution in [-0.4, -0.2) is 11.5 Å². The number of carbonyl (C=O) groups is 1. The molecule has 0 fully saturated rings. The summed E-state index contributed by atoms with van der Waals surface area (Å²) in [5.74, 6) is -0.0289. The number of anilines is 1. The molecule has 1 rings (SSSR count). The fourth-order valence-corrected chi connectivity index (χ4v) is 1.21. The number of ketones is 1. The van der Waals surface area contributed by atoms with Gasteiger partial charge in [-0.25, -0.2) is 0 Å². The van der Waals surface area contributed by atoms with Gasteiger partial charge in [0, 0.05) is 12.0 Å². The Bertz CT molecular complexity index is 518. The van der Waals surface area contributed by atoms with Crippen LogP contribution in [-0.2, 0) is 0 Å². The summed E-state index contributed by atoms with van der Waals surface area (Å²) in [5, 5.41) is 20.6. The quantitative estimate of drug-likeness (QED) is 0.483. The summed E-state index contributed by atoms with van der Waals surface area (Å²) in [6.07, 6.45) is 0.381. The number of Topliss-reactive ketones (excluding diaryl/α,β-unsaturated/α-hetero) is 1. The fourth-order valence-electron chi connectivity index (χ4n) is 1.21.